The number of amides is 1. The number of aliphatic hydroxyl groups is 1. The number of aliphatic hydroxyl groups excluding tert-OH is 1. The summed E-state index contributed by atoms with van der Waals surface area (Å²) in [6, 6.07) is -0.431. The van der Waals surface area contributed by atoms with E-state index in [0.29, 0.717) is 0 Å². The van der Waals surface area contributed by atoms with Gasteiger partial charge in [0.1, 0.15) is 5.25 Å². The highest BCUT2D eigenvalue weighted by atomic mass is 32.3. The first-order chi connectivity index (χ1) is 7.81. The smallest absolute Gasteiger partial charge is 0.307 e. The molecule has 1 unspecified atom stereocenters. The lowest BCUT2D eigenvalue weighted by Gasteiger charge is -2.30. The van der Waals surface area contributed by atoms with Crippen LogP contribution < -0.4 is 0 Å². The van der Waals surface area contributed by atoms with Gasteiger partial charge in [0, 0.05) is 13.0 Å². The van der Waals surface area contributed by atoms with Crippen LogP contribution in [0, 0.1) is 5.92 Å². The largest absolute Gasteiger partial charge is 0.394 e. The Kier molecular flexibility index (Phi) is 4.48. The average molecular weight is 267 g/mol. The van der Waals surface area contributed by atoms with E-state index < -0.39 is 27.4 Å². The van der Waals surface area contributed by atoms with Crippen LogP contribution in [0.5, 0.6) is 0 Å². The summed E-state index contributed by atoms with van der Waals surface area (Å²) in [5, 5.41) is 7.97. The third-order valence-corrected chi connectivity index (χ3v) is 4.52. The standard InChI is InChI=1S/C10H18FNO4S/c1-3-7(2)9(6-13)12-5-8(4-10(12)14)17(11,15)16/h7-9,13H,3-6H2,1-2H3/t7-,8?,9+/m0/s1. The molecule has 0 aromatic rings. The van der Waals surface area contributed by atoms with Crippen molar-refractivity contribution in [3.8, 4) is 0 Å². The molecule has 7 heteroatoms. The second-order valence-electron chi connectivity index (χ2n) is 4.48. The topological polar surface area (TPSA) is 74.7 Å². The molecule has 1 N–H and O–H groups in total. The quantitative estimate of drug-likeness (QED) is 0.727. The average Bonchev–Trinajstić information content (AvgIpc) is 2.61. The summed E-state index contributed by atoms with van der Waals surface area (Å²) in [7, 11) is -4.69. The van der Waals surface area contributed by atoms with Crippen molar-refractivity contribution in [2.75, 3.05) is 13.2 Å². The maximum atomic E-state index is 12.8. The first-order valence-corrected chi connectivity index (χ1v) is 7.09. The summed E-state index contributed by atoms with van der Waals surface area (Å²) in [6.45, 7) is 3.38. The third kappa shape index (κ3) is 3.16. The second kappa shape index (κ2) is 5.30. The third-order valence-electron chi connectivity index (χ3n) is 3.41. The molecule has 0 aromatic carbocycles. The summed E-state index contributed by atoms with van der Waals surface area (Å²) < 4.78 is 34.4. The van der Waals surface area contributed by atoms with Gasteiger partial charge in [0.2, 0.25) is 5.91 Å². The number of nitrogens with zero attached hydrogens (tertiary/aromatic N) is 1. The van der Waals surface area contributed by atoms with Crippen LogP contribution in [0.1, 0.15) is 26.7 Å². The molecule has 1 aliphatic heterocycles. The van der Waals surface area contributed by atoms with Gasteiger partial charge in [0.15, 0.2) is 0 Å². The van der Waals surface area contributed by atoms with Gasteiger partial charge in [-0.25, -0.2) is 0 Å². The summed E-state index contributed by atoms with van der Waals surface area (Å²) >= 11 is 0. The molecular weight excluding hydrogens is 249 g/mol. The van der Waals surface area contributed by atoms with E-state index in [0.717, 1.165) is 6.42 Å². The maximum absolute atomic E-state index is 12.8. The monoisotopic (exact) mass is 267 g/mol. The highest BCUT2D eigenvalue weighted by molar-refractivity contribution is 7.87. The molecule has 3 atom stereocenters. The number of carbonyl (C=O) groups is 1. The first-order valence-electron chi connectivity index (χ1n) is 5.65. The normalized spacial score (nSPS) is 25.1. The van der Waals surface area contributed by atoms with Crippen LogP contribution in [0.25, 0.3) is 0 Å². The molecule has 0 radical (unpaired) electrons. The minimum absolute atomic E-state index is 0.0463. The van der Waals surface area contributed by atoms with Crippen LogP contribution in [0.15, 0.2) is 0 Å². The van der Waals surface area contributed by atoms with Gasteiger partial charge in [-0.15, -0.1) is 3.89 Å². The van der Waals surface area contributed by atoms with Crippen LogP contribution >= 0.6 is 0 Å². The van der Waals surface area contributed by atoms with E-state index >= 15 is 0 Å². The van der Waals surface area contributed by atoms with E-state index in [1.807, 2.05) is 13.8 Å². The Morgan fingerprint density at radius 3 is 2.53 bits per heavy atom. The molecule has 1 rings (SSSR count). The number of halogens is 1. The zero-order valence-corrected chi connectivity index (χ0v) is 10.8. The molecule has 1 aliphatic rings. The fourth-order valence-electron chi connectivity index (χ4n) is 2.06. The Morgan fingerprint density at radius 1 is 1.59 bits per heavy atom. The van der Waals surface area contributed by atoms with Gasteiger partial charge in [-0.1, -0.05) is 20.3 Å². The zero-order valence-electron chi connectivity index (χ0n) is 9.97. The maximum Gasteiger partial charge on any atom is 0.307 e. The fraction of sp³-hybridized carbons (Fsp3) is 0.900. The van der Waals surface area contributed by atoms with E-state index in [1.54, 1.807) is 0 Å². The lowest BCUT2D eigenvalue weighted by atomic mass is 9.99. The molecule has 0 spiro atoms. The molecule has 0 aromatic heterocycles. The highest BCUT2D eigenvalue weighted by Gasteiger charge is 2.41. The predicted molar refractivity (Wildman–Crippen MR) is 60.5 cm³/mol. The molecule has 1 amide bonds. The molecular formula is C10H18FNO4S. The van der Waals surface area contributed by atoms with Crippen molar-refractivity contribution in [2.45, 2.75) is 38.0 Å². The van der Waals surface area contributed by atoms with Crippen molar-refractivity contribution in [3.05, 3.63) is 0 Å². The van der Waals surface area contributed by atoms with Crippen LogP contribution in [-0.4, -0.2) is 48.8 Å². The SMILES string of the molecule is CC[C@H](C)[C@@H](CO)N1CC(S(=O)(=O)F)CC1=O. The number of likely N-dealkylation sites (tertiary alicyclic amines) is 1. The summed E-state index contributed by atoms with van der Waals surface area (Å²) in [6.07, 6.45) is 0.424. The van der Waals surface area contributed by atoms with Gasteiger partial charge in [-0.2, -0.15) is 8.42 Å². The van der Waals surface area contributed by atoms with E-state index in [1.165, 1.54) is 4.90 Å². The molecule has 1 heterocycles. The lowest BCUT2D eigenvalue weighted by molar-refractivity contribution is -0.131. The Hall–Kier alpha value is -0.690. The van der Waals surface area contributed by atoms with Crippen LogP contribution in [-0.2, 0) is 15.0 Å². The van der Waals surface area contributed by atoms with Crippen LogP contribution in [0.4, 0.5) is 3.89 Å². The van der Waals surface area contributed by atoms with Gasteiger partial charge < -0.3 is 10.0 Å². The minimum Gasteiger partial charge on any atom is -0.394 e. The summed E-state index contributed by atoms with van der Waals surface area (Å²) in [5.41, 5.74) is 0. The Morgan fingerprint density at radius 2 is 2.18 bits per heavy atom. The van der Waals surface area contributed by atoms with Crippen molar-refractivity contribution >= 4 is 16.1 Å². The Bertz CT molecular complexity index is 384. The molecule has 0 bridgehead atoms. The van der Waals surface area contributed by atoms with Gasteiger partial charge >= 0.3 is 10.2 Å². The number of rotatable bonds is 5. The number of hydrogen-bond acceptors (Lipinski definition) is 4. The molecule has 1 saturated heterocycles. The fourth-order valence-corrected chi connectivity index (χ4v) is 2.74. The zero-order chi connectivity index (χ0) is 13.2. The lowest BCUT2D eigenvalue weighted by Crippen LogP contribution is -2.43. The number of hydrogen-bond donors (Lipinski definition) is 1. The Labute approximate surface area is 101 Å². The highest BCUT2D eigenvalue weighted by Crippen LogP contribution is 2.25. The molecule has 100 valence electrons. The molecule has 0 saturated carbocycles. The van der Waals surface area contributed by atoms with Crippen molar-refractivity contribution < 1.29 is 22.2 Å². The van der Waals surface area contributed by atoms with Gasteiger partial charge in [0.05, 0.1) is 12.6 Å². The van der Waals surface area contributed by atoms with E-state index in [-0.39, 0.29) is 25.5 Å². The number of carbonyl (C=O) groups excluding carboxylic acids is 1. The molecule has 1 fully saturated rings. The van der Waals surface area contributed by atoms with E-state index in [4.69, 9.17) is 0 Å². The van der Waals surface area contributed by atoms with E-state index in [9.17, 15) is 22.2 Å². The van der Waals surface area contributed by atoms with E-state index in [2.05, 4.69) is 0 Å². The summed E-state index contributed by atoms with van der Waals surface area (Å²) in [4.78, 5) is 12.9. The molecule has 17 heavy (non-hydrogen) atoms. The van der Waals surface area contributed by atoms with Crippen molar-refractivity contribution in [1.29, 1.82) is 0 Å². The molecule has 5 nitrogen and oxygen atoms in total. The Balaban J connectivity index is 2.83. The molecule has 0 aliphatic carbocycles. The van der Waals surface area contributed by atoms with Gasteiger partial charge in [0.25, 0.3) is 0 Å². The first kappa shape index (κ1) is 14.4. The van der Waals surface area contributed by atoms with Gasteiger partial charge in [-0.3, -0.25) is 4.79 Å². The van der Waals surface area contributed by atoms with Crippen LogP contribution in [0.2, 0.25) is 0 Å². The van der Waals surface area contributed by atoms with Crippen molar-refractivity contribution in [1.82, 2.24) is 4.90 Å². The van der Waals surface area contributed by atoms with Crippen molar-refractivity contribution in [3.63, 3.8) is 0 Å². The second-order valence-corrected chi connectivity index (χ2v) is 6.10. The van der Waals surface area contributed by atoms with Gasteiger partial charge in [-0.05, 0) is 5.92 Å². The summed E-state index contributed by atoms with van der Waals surface area (Å²) in [5.74, 6) is -0.361. The minimum atomic E-state index is -4.69. The van der Waals surface area contributed by atoms with Crippen LogP contribution in [0.3, 0.4) is 0 Å². The predicted octanol–water partition coefficient (Wildman–Crippen LogP) is 0.294. The van der Waals surface area contributed by atoms with Crippen molar-refractivity contribution in [2.24, 2.45) is 5.92 Å².